The van der Waals surface area contributed by atoms with Gasteiger partial charge in [0.1, 0.15) is 78.6 Å². The molecule has 0 saturated carbocycles. The standard InChI is InChI=1S/C40H24BNO2.C34H20BNO3.C34H20BNO2S/c1-2-12-25(13-3-1)41-39-37(32-18-8-10-20-35(32)43-39)42(38-33-19-9-11-21-36(33)44-40(38)41)26-22-23-31-29-16-5-4-14-27(29)28-15-6-7-17-30(28)34(31)24-26;1-2-10-21(11-3-1)35-33-31(25-13-5-8-16-28(25)38-33)36(32-26-14-6-9-17-29(26)39-34(32)35)22-18-19-24-23-12-4-7-15-27(23)37-30(24)20-22;1-2-10-21(11-3-1)35-33-31(24-13-4-7-15-27(24)37-33)36(32-25-14-5-8-16-28(25)38-34(32)35)22-18-19-30-26(20-22)23-12-6-9-17-29(23)39-30/h1-24H;2*1-20H. The second-order valence-corrected chi connectivity index (χ2v) is 32.9. The van der Waals surface area contributed by atoms with Gasteiger partial charge in [-0.15, -0.1) is 11.3 Å². The van der Waals surface area contributed by atoms with Gasteiger partial charge in [-0.2, -0.15) is 0 Å². The summed E-state index contributed by atoms with van der Waals surface area (Å²) in [6.45, 7) is -0.511. The Kier molecular flexibility index (Phi) is 15.1. The molecule has 25 aromatic rings. The molecule has 0 spiro atoms. The molecule has 17 aromatic carbocycles. The highest BCUT2D eigenvalue weighted by atomic mass is 32.1. The molecule has 14 heteroatoms. The maximum absolute atomic E-state index is 6.78. The quantitative estimate of drug-likeness (QED) is 0.118. The fraction of sp³-hybridized carbons (Fsp3) is 0. The van der Waals surface area contributed by atoms with Crippen LogP contribution in [0.2, 0.25) is 0 Å². The van der Waals surface area contributed by atoms with Gasteiger partial charge < -0.3 is 45.6 Å². The lowest BCUT2D eigenvalue weighted by Gasteiger charge is -2.31. The predicted molar refractivity (Wildman–Crippen MR) is 508 cm³/mol. The fourth-order valence-electron chi connectivity index (χ4n) is 19.9. The average molecular weight is 1580 g/mol. The number of para-hydroxylation sites is 7. The van der Waals surface area contributed by atoms with E-state index in [1.165, 1.54) is 52.5 Å². The Balaban J connectivity index is 0.0000000987. The van der Waals surface area contributed by atoms with Gasteiger partial charge in [0.25, 0.3) is 0 Å². The van der Waals surface area contributed by atoms with Crippen LogP contribution in [0, 0.1) is 0 Å². The SMILES string of the molecule is c1ccc(B2c3oc4ccccc4c3N(c3ccc4c(c3)oc3ccccc34)c3c2oc2ccccc32)cc1.c1ccc(B2c3oc4ccccc4c3N(c3ccc4c5ccccc5c5ccccc5c4c3)c3c2oc2ccccc32)cc1.c1ccc(B2c3oc4ccccc4c3N(c3ccc4sc5ccccc5c4c3)c3c2oc2ccccc32)cc1. The zero-order chi connectivity index (χ0) is 79.8. The van der Waals surface area contributed by atoms with E-state index < -0.39 is 0 Å². The summed E-state index contributed by atoms with van der Waals surface area (Å²) < 4.78 is 49.2. The fourth-order valence-corrected chi connectivity index (χ4v) is 21.0. The number of nitrogens with zero attached hydrogens (tertiary/aromatic N) is 3. The van der Waals surface area contributed by atoms with Crippen molar-refractivity contribution >= 4 is 273 Å². The Morgan fingerprint density at radius 3 is 0.762 bits per heavy atom. The van der Waals surface area contributed by atoms with Crippen molar-refractivity contribution in [3.05, 3.63) is 388 Å². The molecule has 122 heavy (non-hydrogen) atoms. The highest BCUT2D eigenvalue weighted by molar-refractivity contribution is 7.25. The van der Waals surface area contributed by atoms with Crippen LogP contribution < -0.4 is 65.0 Å². The number of hydrogen-bond acceptors (Lipinski definition) is 11. The van der Waals surface area contributed by atoms with Crippen molar-refractivity contribution in [1.82, 2.24) is 0 Å². The van der Waals surface area contributed by atoms with E-state index in [1.54, 1.807) is 0 Å². The van der Waals surface area contributed by atoms with Gasteiger partial charge in [-0.1, -0.05) is 271 Å². The predicted octanol–water partition coefficient (Wildman–Crippen LogP) is 24.2. The molecule has 0 amide bonds. The van der Waals surface area contributed by atoms with E-state index in [4.69, 9.17) is 30.9 Å². The van der Waals surface area contributed by atoms with Gasteiger partial charge in [0.2, 0.25) is 0 Å². The minimum absolute atomic E-state index is 0.155. The van der Waals surface area contributed by atoms with Crippen LogP contribution >= 0.6 is 11.3 Å². The molecular weight excluding hydrogens is 1520 g/mol. The molecule has 3 aliphatic rings. The lowest BCUT2D eigenvalue weighted by atomic mass is 9.39. The maximum Gasteiger partial charge on any atom is 0.338 e. The average Bonchev–Trinajstić information content (AvgIpc) is 1.53. The van der Waals surface area contributed by atoms with Crippen LogP contribution in [0.3, 0.4) is 0 Å². The van der Waals surface area contributed by atoms with E-state index in [2.05, 4.69) is 330 Å². The molecule has 0 saturated heterocycles. The van der Waals surface area contributed by atoms with E-state index in [1.807, 2.05) is 84.1 Å². The van der Waals surface area contributed by atoms with Crippen molar-refractivity contribution in [3.8, 4) is 0 Å². The molecular formula is C108H64B3N3O7S. The van der Waals surface area contributed by atoms with Gasteiger partial charge in [-0.3, -0.25) is 0 Å². The smallest absolute Gasteiger partial charge is 0.338 e. The van der Waals surface area contributed by atoms with E-state index in [9.17, 15) is 0 Å². The van der Waals surface area contributed by atoms with Crippen molar-refractivity contribution in [1.29, 1.82) is 0 Å². The van der Waals surface area contributed by atoms with Crippen molar-refractivity contribution in [2.75, 3.05) is 14.7 Å². The molecule has 3 aliphatic heterocycles. The van der Waals surface area contributed by atoms with Crippen LogP contribution in [0.25, 0.3) is 140 Å². The Hall–Kier alpha value is -15.6. The molecule has 0 N–H and O–H groups in total. The van der Waals surface area contributed by atoms with Crippen molar-refractivity contribution in [2.45, 2.75) is 0 Å². The lowest BCUT2D eigenvalue weighted by Crippen LogP contribution is -2.56. The van der Waals surface area contributed by atoms with Gasteiger partial charge in [0.15, 0.2) is 0 Å². The highest BCUT2D eigenvalue weighted by Gasteiger charge is 2.48. The molecule has 0 bridgehead atoms. The van der Waals surface area contributed by atoms with Crippen molar-refractivity contribution in [3.63, 3.8) is 0 Å². The van der Waals surface area contributed by atoms with E-state index >= 15 is 0 Å². The van der Waals surface area contributed by atoms with Gasteiger partial charge in [-0.05, 0) is 160 Å². The summed E-state index contributed by atoms with van der Waals surface area (Å²) >= 11 is 1.84. The van der Waals surface area contributed by atoms with Crippen LogP contribution in [0.4, 0.5) is 51.2 Å². The molecule has 8 aromatic heterocycles. The summed E-state index contributed by atoms with van der Waals surface area (Å²) in [4.78, 5) is 7.05. The highest BCUT2D eigenvalue weighted by Crippen LogP contribution is 2.52. The molecule has 0 atom stereocenters. The monoisotopic (exact) mass is 1580 g/mol. The largest absolute Gasteiger partial charge is 0.468 e. The summed E-state index contributed by atoms with van der Waals surface area (Å²) in [7, 11) is 0. The molecule has 28 rings (SSSR count). The third kappa shape index (κ3) is 10.3. The number of thiophene rings is 1. The molecule has 0 radical (unpaired) electrons. The van der Waals surface area contributed by atoms with Gasteiger partial charge in [0, 0.05) is 80.7 Å². The third-order valence-corrected chi connectivity index (χ3v) is 26.3. The van der Waals surface area contributed by atoms with Crippen LogP contribution in [-0.2, 0) is 0 Å². The number of hydrogen-bond donors (Lipinski definition) is 0. The van der Waals surface area contributed by atoms with Gasteiger partial charge >= 0.3 is 20.1 Å². The summed E-state index contributed by atoms with van der Waals surface area (Å²) in [6.07, 6.45) is 0. The minimum atomic E-state index is -0.179. The Morgan fingerprint density at radius 2 is 0.402 bits per heavy atom. The van der Waals surface area contributed by atoms with Gasteiger partial charge in [-0.25, -0.2) is 0 Å². The molecule has 10 nitrogen and oxygen atoms in total. The molecule has 11 heterocycles. The number of rotatable bonds is 6. The lowest BCUT2D eigenvalue weighted by molar-refractivity contribution is 0.635. The summed E-state index contributed by atoms with van der Waals surface area (Å²) in [5.74, 6) is 0. The summed E-state index contributed by atoms with van der Waals surface area (Å²) in [5.41, 5.74) is 25.3. The number of benzene rings is 17. The first-order chi connectivity index (χ1) is 60.5. The summed E-state index contributed by atoms with van der Waals surface area (Å²) in [6, 6.07) is 136. The van der Waals surface area contributed by atoms with E-state index in [-0.39, 0.29) is 20.1 Å². The Labute approximate surface area is 702 Å². The Bertz CT molecular complexity index is 8280. The molecule has 0 aliphatic carbocycles. The zero-order valence-corrected chi connectivity index (χ0v) is 66.1. The van der Waals surface area contributed by atoms with Crippen LogP contribution in [0.15, 0.2) is 419 Å². The number of fused-ring (bicyclic) bond motifs is 30. The Morgan fingerprint density at radius 1 is 0.164 bits per heavy atom. The first-order valence-corrected chi connectivity index (χ1v) is 42.2. The number of furan rings is 7. The third-order valence-electron chi connectivity index (χ3n) is 25.1. The second-order valence-electron chi connectivity index (χ2n) is 31.8. The first kappa shape index (κ1) is 68.4. The molecule has 0 fully saturated rings. The van der Waals surface area contributed by atoms with Gasteiger partial charge in [0.05, 0.1) is 39.8 Å². The normalized spacial score (nSPS) is 13.0. The minimum Gasteiger partial charge on any atom is -0.468 e. The zero-order valence-electron chi connectivity index (χ0n) is 65.3. The van der Waals surface area contributed by atoms with E-state index in [0.717, 1.165) is 189 Å². The van der Waals surface area contributed by atoms with Crippen molar-refractivity contribution in [2.24, 2.45) is 0 Å². The summed E-state index contributed by atoms with van der Waals surface area (Å²) in [5, 5.41) is 18.8. The number of anilines is 9. The maximum atomic E-state index is 6.78. The molecule has 0 unspecified atom stereocenters. The van der Waals surface area contributed by atoms with Crippen molar-refractivity contribution < 1.29 is 30.9 Å². The van der Waals surface area contributed by atoms with Crippen LogP contribution in [-0.4, -0.2) is 20.1 Å². The van der Waals surface area contributed by atoms with E-state index in [0.29, 0.717) is 0 Å². The second kappa shape index (κ2) is 27.0. The topological polar surface area (TPSA) is 102 Å². The van der Waals surface area contributed by atoms with Crippen LogP contribution in [0.5, 0.6) is 0 Å². The molecule has 568 valence electrons. The van der Waals surface area contributed by atoms with Crippen LogP contribution in [0.1, 0.15) is 0 Å². The first-order valence-electron chi connectivity index (χ1n) is 41.3.